The molecule has 1 saturated heterocycles. The van der Waals surface area contributed by atoms with Gasteiger partial charge in [0.05, 0.1) is 22.8 Å². The van der Waals surface area contributed by atoms with Crippen molar-refractivity contribution in [3.05, 3.63) is 119 Å². The summed E-state index contributed by atoms with van der Waals surface area (Å²) in [6.45, 7) is 6.24. The number of nitrogens with one attached hydrogen (secondary N) is 2. The van der Waals surface area contributed by atoms with Crippen LogP contribution < -0.4 is 21.3 Å². The van der Waals surface area contributed by atoms with Crippen LogP contribution in [0, 0.1) is 13.8 Å². The van der Waals surface area contributed by atoms with Crippen molar-refractivity contribution in [2.45, 2.75) is 71.1 Å². The molecule has 0 spiro atoms. The van der Waals surface area contributed by atoms with Gasteiger partial charge < -0.3 is 21.3 Å². The molecular formula is C43H45N11. The number of guanidine groups is 3. The minimum absolute atomic E-state index is 0.114. The average molecular weight is 716 g/mol. The quantitative estimate of drug-likeness (QED) is 0.166. The van der Waals surface area contributed by atoms with Gasteiger partial charge >= 0.3 is 0 Å². The van der Waals surface area contributed by atoms with Crippen molar-refractivity contribution >= 4 is 58.0 Å². The van der Waals surface area contributed by atoms with E-state index in [1.807, 2.05) is 29.4 Å². The van der Waals surface area contributed by atoms with Gasteiger partial charge in [0.25, 0.3) is 0 Å². The Balaban J connectivity index is 1.14. The molecule has 54 heavy (non-hydrogen) atoms. The highest BCUT2D eigenvalue weighted by atomic mass is 15.4. The Morgan fingerprint density at radius 3 is 2.04 bits per heavy atom. The Hall–Kier alpha value is -6.10. The standard InChI is InChI=1S/C43H45N11/c1-27-15-17-45-39(21-27)47-35-23-30(29-9-5-3-6-10-29)11-13-33(35)37-25-32-26-38(50-43-52-41(44)51-42(49-37)54(32)43)34-14-12-31(53-19-7-4-8-20-53)24-36(34)48-40-22-28(2)16-18-46-40/h11-18,21-26,29H,3-10,19-20H2,1-2H3,(H,45,47)(H,46,48)(H2,44,49,50,51,52). The Kier molecular flexibility index (Phi) is 8.98. The first-order valence-corrected chi connectivity index (χ1v) is 19.2. The zero-order valence-corrected chi connectivity index (χ0v) is 30.9. The molecule has 2 aromatic carbocycles. The van der Waals surface area contributed by atoms with Crippen LogP contribution in [-0.4, -0.2) is 51.5 Å². The van der Waals surface area contributed by atoms with E-state index in [0.717, 1.165) is 75.5 Å². The molecule has 1 aliphatic carbocycles. The smallest absolute Gasteiger partial charge is 0.240 e. The molecule has 272 valence electrons. The normalized spacial score (nSPS) is 18.4. The van der Waals surface area contributed by atoms with Gasteiger partial charge in [-0.05, 0) is 129 Å². The first-order valence-electron chi connectivity index (χ1n) is 19.2. The molecule has 5 aliphatic rings. The summed E-state index contributed by atoms with van der Waals surface area (Å²) in [4.78, 5) is 32.9. The zero-order chi connectivity index (χ0) is 36.6. The minimum Gasteiger partial charge on any atom is -0.371 e. The fourth-order valence-corrected chi connectivity index (χ4v) is 8.08. The highest BCUT2D eigenvalue weighted by molar-refractivity contribution is 6.25. The maximum Gasteiger partial charge on any atom is 0.240 e. The molecule has 2 aromatic heterocycles. The van der Waals surface area contributed by atoms with E-state index in [2.05, 4.69) is 110 Å². The van der Waals surface area contributed by atoms with Gasteiger partial charge in [-0.3, -0.25) is 0 Å². The van der Waals surface area contributed by atoms with Crippen LogP contribution in [-0.2, 0) is 0 Å². The van der Waals surface area contributed by atoms with Gasteiger partial charge in [0.2, 0.25) is 17.9 Å². The van der Waals surface area contributed by atoms with Gasteiger partial charge in [0, 0.05) is 48.0 Å². The Morgan fingerprint density at radius 1 is 0.648 bits per heavy atom. The van der Waals surface area contributed by atoms with Crippen LogP contribution in [0.3, 0.4) is 0 Å². The highest BCUT2D eigenvalue weighted by Crippen LogP contribution is 2.39. The minimum atomic E-state index is 0.114. The molecule has 0 unspecified atom stereocenters. The summed E-state index contributed by atoms with van der Waals surface area (Å²) in [6.07, 6.45) is 17.8. The van der Waals surface area contributed by atoms with Gasteiger partial charge in [0.15, 0.2) is 0 Å². The number of hydrogen-bond acceptors (Lipinski definition) is 11. The third-order valence-corrected chi connectivity index (χ3v) is 10.9. The van der Waals surface area contributed by atoms with Crippen molar-refractivity contribution in [2.75, 3.05) is 28.6 Å². The van der Waals surface area contributed by atoms with E-state index in [9.17, 15) is 0 Å². The highest BCUT2D eigenvalue weighted by Gasteiger charge is 2.33. The molecule has 11 nitrogen and oxygen atoms in total. The molecule has 0 radical (unpaired) electrons. The second-order valence-electron chi connectivity index (χ2n) is 14.8. The second kappa shape index (κ2) is 14.4. The first kappa shape index (κ1) is 33.7. The van der Waals surface area contributed by atoms with Crippen LogP contribution in [0.4, 0.5) is 28.7 Å². The number of hydrogen-bond donors (Lipinski definition) is 3. The number of rotatable bonds is 8. The number of allylic oxidation sites excluding steroid dienone is 2. The molecule has 9 rings (SSSR count). The lowest BCUT2D eigenvalue weighted by Gasteiger charge is -2.33. The summed E-state index contributed by atoms with van der Waals surface area (Å²) in [5.74, 6) is 3.09. The Labute approximate surface area is 316 Å². The first-order chi connectivity index (χ1) is 26.4. The molecule has 2 fully saturated rings. The van der Waals surface area contributed by atoms with Crippen LogP contribution in [0.2, 0.25) is 0 Å². The Bertz CT molecular complexity index is 2190. The summed E-state index contributed by atoms with van der Waals surface area (Å²) in [5, 5.41) is 7.27. The number of anilines is 5. The van der Waals surface area contributed by atoms with E-state index in [1.165, 1.54) is 62.6 Å². The van der Waals surface area contributed by atoms with E-state index in [0.29, 0.717) is 17.8 Å². The average Bonchev–Trinajstić information content (AvgIpc) is 3.18. The molecule has 6 heterocycles. The van der Waals surface area contributed by atoms with E-state index in [-0.39, 0.29) is 5.96 Å². The number of nitrogens with zero attached hydrogens (tertiary/aromatic N) is 8. The second-order valence-corrected chi connectivity index (χ2v) is 14.8. The van der Waals surface area contributed by atoms with E-state index in [4.69, 9.17) is 15.7 Å². The number of nitrogens with two attached hydrogens (primary N) is 1. The number of aromatic nitrogens is 2. The van der Waals surface area contributed by atoms with Gasteiger partial charge in [-0.1, -0.05) is 31.4 Å². The van der Waals surface area contributed by atoms with Crippen molar-refractivity contribution < 1.29 is 0 Å². The molecule has 0 amide bonds. The number of piperidine rings is 1. The SMILES string of the molecule is Cc1ccnc(Nc2cc(N3CCCCC3)ccc2C2=CC3=CC(c4ccc(C5CCCCC5)cc4Nc4cc(C)ccn4)=NC4=NC(N)=NC(=N2)N34)c1. The number of pyridine rings is 2. The van der Waals surface area contributed by atoms with Crippen LogP contribution >= 0.6 is 0 Å². The molecule has 4 N–H and O–H groups in total. The van der Waals surface area contributed by atoms with Gasteiger partial charge in [-0.15, -0.1) is 0 Å². The predicted octanol–water partition coefficient (Wildman–Crippen LogP) is 8.70. The molecule has 11 heteroatoms. The molecule has 4 aromatic rings. The van der Waals surface area contributed by atoms with E-state index >= 15 is 0 Å². The largest absolute Gasteiger partial charge is 0.371 e. The molecule has 0 bridgehead atoms. The fourth-order valence-electron chi connectivity index (χ4n) is 8.08. The Morgan fingerprint density at radius 2 is 1.31 bits per heavy atom. The lowest BCUT2D eigenvalue weighted by molar-refractivity contribution is 0.444. The maximum atomic E-state index is 6.34. The molecule has 4 aliphatic heterocycles. The van der Waals surface area contributed by atoms with Gasteiger partial charge in [-0.25, -0.2) is 24.9 Å². The molecular weight excluding hydrogens is 671 g/mol. The maximum absolute atomic E-state index is 6.34. The summed E-state index contributed by atoms with van der Waals surface area (Å²) in [7, 11) is 0. The van der Waals surface area contributed by atoms with Crippen molar-refractivity contribution in [3.8, 4) is 0 Å². The molecule has 0 atom stereocenters. The zero-order valence-electron chi connectivity index (χ0n) is 30.9. The number of aryl methyl sites for hydroxylation is 2. The van der Waals surface area contributed by atoms with Crippen LogP contribution in [0.5, 0.6) is 0 Å². The van der Waals surface area contributed by atoms with Gasteiger partial charge in [0.1, 0.15) is 11.6 Å². The lowest BCUT2D eigenvalue weighted by Crippen LogP contribution is -2.43. The fraction of sp³-hybridized carbons (Fsp3) is 0.302. The third kappa shape index (κ3) is 6.89. The summed E-state index contributed by atoms with van der Waals surface area (Å²) < 4.78 is 0. The van der Waals surface area contributed by atoms with Crippen LogP contribution in [0.15, 0.2) is 111 Å². The van der Waals surface area contributed by atoms with Crippen molar-refractivity contribution in [1.29, 1.82) is 0 Å². The summed E-state index contributed by atoms with van der Waals surface area (Å²) in [6, 6.07) is 21.4. The summed E-state index contributed by atoms with van der Waals surface area (Å²) in [5.41, 5.74) is 17.3. The third-order valence-electron chi connectivity index (χ3n) is 10.9. The van der Waals surface area contributed by atoms with E-state index < -0.39 is 0 Å². The van der Waals surface area contributed by atoms with Crippen LogP contribution in [0.1, 0.15) is 85.1 Å². The summed E-state index contributed by atoms with van der Waals surface area (Å²) >= 11 is 0. The van der Waals surface area contributed by atoms with Crippen molar-refractivity contribution in [3.63, 3.8) is 0 Å². The monoisotopic (exact) mass is 715 g/mol. The van der Waals surface area contributed by atoms with Gasteiger partial charge in [-0.2, -0.15) is 9.98 Å². The van der Waals surface area contributed by atoms with Crippen molar-refractivity contribution in [2.24, 2.45) is 25.7 Å². The molecule has 1 saturated carbocycles. The van der Waals surface area contributed by atoms with Crippen LogP contribution in [0.25, 0.3) is 5.70 Å². The predicted molar refractivity (Wildman–Crippen MR) is 220 cm³/mol. The number of aliphatic imine (C=N–C) groups is 4. The van der Waals surface area contributed by atoms with Crippen molar-refractivity contribution in [1.82, 2.24) is 14.9 Å². The van der Waals surface area contributed by atoms with E-state index in [1.54, 1.807) is 0 Å². The lowest BCUT2D eigenvalue weighted by atomic mass is 9.83. The number of benzene rings is 2. The topological polar surface area (TPSA) is 132 Å².